The average molecular weight is 540 g/mol. The molecule has 4 aliphatic rings. The van der Waals surface area contributed by atoms with Crippen molar-refractivity contribution in [2.75, 3.05) is 40.5 Å². The van der Waals surface area contributed by atoms with Gasteiger partial charge in [-0.1, -0.05) is 36.4 Å². The minimum Gasteiger partial charge on any atom is -0.496 e. The van der Waals surface area contributed by atoms with Gasteiger partial charge in [-0.3, -0.25) is 4.90 Å². The van der Waals surface area contributed by atoms with Gasteiger partial charge in [-0.05, 0) is 68.4 Å². The van der Waals surface area contributed by atoms with Gasteiger partial charge in [-0.25, -0.2) is 0 Å². The molecule has 0 aliphatic heterocycles. The lowest BCUT2D eigenvalue weighted by molar-refractivity contribution is -0.119. The molecule has 7 heteroatoms. The monoisotopic (exact) mass is 539 g/mol. The summed E-state index contributed by atoms with van der Waals surface area (Å²) in [5.74, 6) is 3.90. The van der Waals surface area contributed by atoms with Gasteiger partial charge in [0.15, 0.2) is 0 Å². The number of aliphatic hydroxyl groups excluding tert-OH is 2. The van der Waals surface area contributed by atoms with Gasteiger partial charge in [-0.15, -0.1) is 0 Å². The van der Waals surface area contributed by atoms with Crippen molar-refractivity contribution in [3.63, 3.8) is 0 Å². The fraction of sp³-hybridized carbons (Fsp3) is 0.625. The van der Waals surface area contributed by atoms with Crippen LogP contribution in [0.15, 0.2) is 48.5 Å². The van der Waals surface area contributed by atoms with Crippen LogP contribution in [0.1, 0.15) is 49.7 Å². The number of hydrogen-bond acceptors (Lipinski definition) is 7. The second-order valence-corrected chi connectivity index (χ2v) is 12.0. The summed E-state index contributed by atoms with van der Waals surface area (Å²) in [6.45, 7) is 2.22. The Labute approximate surface area is 233 Å². The molecule has 0 saturated heterocycles. The van der Waals surface area contributed by atoms with Crippen molar-refractivity contribution in [1.29, 1.82) is 0 Å². The second-order valence-electron chi connectivity index (χ2n) is 12.0. The van der Waals surface area contributed by atoms with E-state index < -0.39 is 12.2 Å². The van der Waals surface area contributed by atoms with E-state index >= 15 is 0 Å². The van der Waals surface area contributed by atoms with E-state index in [1.807, 2.05) is 48.5 Å². The third kappa shape index (κ3) is 6.95. The van der Waals surface area contributed by atoms with Gasteiger partial charge in [0.1, 0.15) is 11.5 Å². The molecule has 2 N–H and O–H groups in total. The molecule has 0 aromatic heterocycles. The van der Waals surface area contributed by atoms with Crippen molar-refractivity contribution in [3.05, 3.63) is 59.7 Å². The van der Waals surface area contributed by atoms with Crippen LogP contribution in [0.25, 0.3) is 0 Å². The first-order valence-corrected chi connectivity index (χ1v) is 14.5. The first kappa shape index (κ1) is 28.4. The van der Waals surface area contributed by atoms with Crippen LogP contribution < -0.4 is 9.47 Å². The molecule has 4 saturated carbocycles. The number of β-amino-alcohol motifs (C(OH)–C–C–N with tert-alkyl or cyclic N) is 2. The predicted molar refractivity (Wildman–Crippen MR) is 150 cm³/mol. The minimum atomic E-state index is -0.644. The van der Waals surface area contributed by atoms with Gasteiger partial charge in [0.25, 0.3) is 0 Å². The maximum Gasteiger partial charge on any atom is 0.124 e. The number of para-hydroxylation sites is 2. The molecule has 0 radical (unpaired) electrons. The number of rotatable bonds is 15. The SMILES string of the molecule is COc1ccccc1COC[C@@H](O)CN(C[C@H](O)COCc1ccccc1OC)C12CC3CC(CC(C3)C1)C2. The molecule has 6 rings (SSSR count). The van der Waals surface area contributed by atoms with Gasteiger partial charge >= 0.3 is 0 Å². The molecule has 0 amide bonds. The summed E-state index contributed by atoms with van der Waals surface area (Å²) in [4.78, 5) is 2.39. The number of aliphatic hydroxyl groups is 2. The van der Waals surface area contributed by atoms with Crippen LogP contribution in [0.5, 0.6) is 11.5 Å². The molecule has 0 unspecified atom stereocenters. The molecule has 4 aliphatic carbocycles. The van der Waals surface area contributed by atoms with Crippen LogP contribution in [-0.4, -0.2) is 73.4 Å². The molecule has 2 atom stereocenters. The Balaban J connectivity index is 1.19. The molecule has 4 fully saturated rings. The third-order valence-electron chi connectivity index (χ3n) is 9.06. The van der Waals surface area contributed by atoms with Gasteiger partial charge in [-0.2, -0.15) is 0 Å². The summed E-state index contributed by atoms with van der Waals surface area (Å²) >= 11 is 0. The van der Waals surface area contributed by atoms with Crippen LogP contribution in [0, 0.1) is 17.8 Å². The highest BCUT2D eigenvalue weighted by Crippen LogP contribution is 2.57. The normalized spacial score (nSPS) is 27.1. The standard InChI is InChI=1S/C32H45NO6/c1-36-30-9-5-3-7-26(30)19-38-21-28(34)17-33(32-14-23-11-24(15-32)13-25(12-23)16-32)18-29(35)22-39-20-27-8-4-6-10-31(27)37-2/h3-10,23-25,28-29,34-35H,11-22H2,1-2H3/t23?,24?,25?,28-,29-,32?/m0/s1. The van der Waals surface area contributed by atoms with Crippen molar-refractivity contribution in [2.45, 2.75) is 69.5 Å². The molecule has 2 aromatic rings. The zero-order valence-electron chi connectivity index (χ0n) is 23.5. The molecule has 0 heterocycles. The maximum absolute atomic E-state index is 11.1. The van der Waals surface area contributed by atoms with Crippen molar-refractivity contribution >= 4 is 0 Å². The maximum atomic E-state index is 11.1. The topological polar surface area (TPSA) is 80.6 Å². The Hall–Kier alpha value is -2.16. The Morgan fingerprint density at radius 1 is 0.718 bits per heavy atom. The lowest BCUT2D eigenvalue weighted by Crippen LogP contribution is -2.62. The van der Waals surface area contributed by atoms with E-state index in [9.17, 15) is 10.2 Å². The largest absolute Gasteiger partial charge is 0.496 e. The summed E-state index contributed by atoms with van der Waals surface area (Å²) in [7, 11) is 3.31. The minimum absolute atomic E-state index is 0.0576. The number of nitrogens with zero attached hydrogens (tertiary/aromatic N) is 1. The molecule has 7 nitrogen and oxygen atoms in total. The van der Waals surface area contributed by atoms with Crippen LogP contribution in [-0.2, 0) is 22.7 Å². The van der Waals surface area contributed by atoms with Crippen LogP contribution in [0.4, 0.5) is 0 Å². The lowest BCUT2D eigenvalue weighted by Gasteiger charge is -2.61. The van der Waals surface area contributed by atoms with Gasteiger partial charge in [0.2, 0.25) is 0 Å². The summed E-state index contributed by atoms with van der Waals surface area (Å²) in [5, 5.41) is 22.2. The predicted octanol–water partition coefficient (Wildman–Crippen LogP) is 4.43. The summed E-state index contributed by atoms with van der Waals surface area (Å²) < 4.78 is 22.7. The van der Waals surface area contributed by atoms with Gasteiger partial charge < -0.3 is 29.2 Å². The Morgan fingerprint density at radius 3 is 1.54 bits per heavy atom. The van der Waals surface area contributed by atoms with E-state index in [2.05, 4.69) is 4.90 Å². The van der Waals surface area contributed by atoms with Gasteiger partial charge in [0, 0.05) is 29.8 Å². The second kappa shape index (κ2) is 13.0. The van der Waals surface area contributed by atoms with Crippen molar-refractivity contribution < 1.29 is 29.2 Å². The molecule has 39 heavy (non-hydrogen) atoms. The highest BCUT2D eigenvalue weighted by molar-refractivity contribution is 5.33. The fourth-order valence-electron chi connectivity index (χ4n) is 7.78. The molecule has 0 spiro atoms. The van der Waals surface area contributed by atoms with E-state index in [0.29, 0.717) is 26.3 Å². The van der Waals surface area contributed by atoms with Crippen LogP contribution in [0.3, 0.4) is 0 Å². The highest BCUT2D eigenvalue weighted by atomic mass is 16.5. The Kier molecular flexibility index (Phi) is 9.46. The van der Waals surface area contributed by atoms with Crippen LogP contribution >= 0.6 is 0 Å². The van der Waals surface area contributed by atoms with E-state index in [1.54, 1.807) is 14.2 Å². The summed E-state index contributed by atoms with van der Waals surface area (Å²) in [5.41, 5.74) is 1.99. The zero-order valence-corrected chi connectivity index (χ0v) is 23.5. The molecule has 4 bridgehead atoms. The number of benzene rings is 2. The summed E-state index contributed by atoms with van der Waals surface area (Å²) in [6.07, 6.45) is 6.27. The van der Waals surface area contributed by atoms with E-state index in [0.717, 1.165) is 40.4 Å². The van der Waals surface area contributed by atoms with Crippen molar-refractivity contribution in [1.82, 2.24) is 4.90 Å². The molecular weight excluding hydrogens is 494 g/mol. The molecular formula is C32H45NO6. The number of methoxy groups -OCH3 is 2. The Morgan fingerprint density at radius 2 is 1.13 bits per heavy atom. The first-order chi connectivity index (χ1) is 19.0. The van der Waals surface area contributed by atoms with Crippen molar-refractivity contribution in [3.8, 4) is 11.5 Å². The smallest absolute Gasteiger partial charge is 0.124 e. The fourth-order valence-corrected chi connectivity index (χ4v) is 7.78. The lowest BCUT2D eigenvalue weighted by atomic mass is 9.52. The molecule has 2 aromatic carbocycles. The average Bonchev–Trinajstić information content (AvgIpc) is 2.92. The van der Waals surface area contributed by atoms with E-state index in [4.69, 9.17) is 18.9 Å². The Bertz CT molecular complexity index is 964. The molecule has 214 valence electrons. The van der Waals surface area contributed by atoms with Crippen molar-refractivity contribution in [2.24, 2.45) is 17.8 Å². The van der Waals surface area contributed by atoms with E-state index in [1.165, 1.54) is 38.5 Å². The summed E-state index contributed by atoms with van der Waals surface area (Å²) in [6, 6.07) is 15.6. The highest BCUT2D eigenvalue weighted by Gasteiger charge is 2.53. The zero-order chi connectivity index (χ0) is 27.2. The first-order valence-electron chi connectivity index (χ1n) is 14.5. The number of hydrogen-bond donors (Lipinski definition) is 2. The quantitative estimate of drug-likeness (QED) is 0.347. The van der Waals surface area contributed by atoms with Crippen LogP contribution in [0.2, 0.25) is 0 Å². The third-order valence-corrected chi connectivity index (χ3v) is 9.06. The number of ether oxygens (including phenoxy) is 4. The van der Waals surface area contributed by atoms with Gasteiger partial charge in [0.05, 0.1) is 52.9 Å². The van der Waals surface area contributed by atoms with E-state index in [-0.39, 0.29) is 18.8 Å².